The van der Waals surface area contributed by atoms with Crippen molar-refractivity contribution >= 4 is 30.4 Å². The van der Waals surface area contributed by atoms with Crippen molar-refractivity contribution in [2.45, 2.75) is 54.9 Å². The molecule has 0 aliphatic rings. The first-order chi connectivity index (χ1) is 16.2. The maximum atomic E-state index is 5.97. The quantitative estimate of drug-likeness (QED) is 0.143. The van der Waals surface area contributed by atoms with Crippen LogP contribution in [0.3, 0.4) is 0 Å². The number of allylic oxidation sites excluding steroid dienone is 12. The molecular weight excluding hydrogens is 429 g/mol. The zero-order valence-electron chi connectivity index (χ0n) is 22.4. The molecule has 0 spiro atoms. The Morgan fingerprint density at radius 1 is 1.12 bits per heavy atom. The van der Waals surface area contributed by atoms with Crippen LogP contribution in [-0.2, 0) is 0 Å². The molecule has 2 unspecified atom stereocenters. The number of nitrogens with one attached hydrogen (secondary N) is 1. The summed E-state index contributed by atoms with van der Waals surface area (Å²) in [6.45, 7) is 16.1. The predicted molar refractivity (Wildman–Crippen MR) is 158 cm³/mol. The summed E-state index contributed by atoms with van der Waals surface area (Å²) in [4.78, 5) is 0. The van der Waals surface area contributed by atoms with Gasteiger partial charge in [0.1, 0.15) is 7.85 Å². The molecule has 3 heteroatoms. The summed E-state index contributed by atoms with van der Waals surface area (Å²) in [5.74, 6) is 0.620. The van der Waals surface area contributed by atoms with Crippen LogP contribution in [0.1, 0.15) is 60.5 Å². The topological polar surface area (TPSA) is 12.0 Å². The van der Waals surface area contributed by atoms with Crippen LogP contribution in [0.25, 0.3) is 5.57 Å². The van der Waals surface area contributed by atoms with Gasteiger partial charge >= 0.3 is 0 Å². The highest BCUT2D eigenvalue weighted by Crippen LogP contribution is 2.35. The van der Waals surface area contributed by atoms with Gasteiger partial charge in [-0.2, -0.15) is 0 Å². The molecule has 0 bridgehead atoms. The fourth-order valence-corrected chi connectivity index (χ4v) is 4.03. The molecule has 0 amide bonds. The summed E-state index contributed by atoms with van der Waals surface area (Å²) in [5, 5.41) is 3.39. The second kappa shape index (κ2) is 15.6. The maximum absolute atomic E-state index is 5.97. The molecule has 0 fully saturated rings. The molecule has 0 aromatic heterocycles. The molecule has 0 saturated heterocycles. The molecule has 180 valence electrons. The molecule has 1 N–H and O–H groups in total. The Morgan fingerprint density at radius 2 is 1.76 bits per heavy atom. The van der Waals surface area contributed by atoms with Crippen molar-refractivity contribution in [3.8, 4) is 0 Å². The van der Waals surface area contributed by atoms with Gasteiger partial charge in [0, 0.05) is 5.92 Å². The van der Waals surface area contributed by atoms with Gasteiger partial charge in [-0.1, -0.05) is 104 Å². The van der Waals surface area contributed by atoms with Crippen molar-refractivity contribution in [3.05, 3.63) is 100 Å². The third kappa shape index (κ3) is 9.20. The van der Waals surface area contributed by atoms with Gasteiger partial charge in [0.2, 0.25) is 0 Å². The first-order valence-electron chi connectivity index (χ1n) is 12.2. The lowest BCUT2D eigenvalue weighted by molar-refractivity contribution is 0.458. The zero-order chi connectivity index (χ0) is 25.7. The van der Waals surface area contributed by atoms with Crippen molar-refractivity contribution in [1.82, 2.24) is 5.32 Å². The lowest BCUT2D eigenvalue weighted by Gasteiger charge is -2.28. The van der Waals surface area contributed by atoms with E-state index in [-0.39, 0.29) is 5.92 Å². The lowest BCUT2D eigenvalue weighted by atomic mass is 9.77. The van der Waals surface area contributed by atoms with Gasteiger partial charge in [0.05, 0.1) is 0 Å². The third-order valence-electron chi connectivity index (χ3n) is 6.10. The highest BCUT2D eigenvalue weighted by molar-refractivity contribution is 7.83. The Balaban J connectivity index is 3.76. The van der Waals surface area contributed by atoms with Crippen LogP contribution in [0.2, 0.25) is 0 Å². The predicted octanol–water partition coefficient (Wildman–Crippen LogP) is 8.18. The van der Waals surface area contributed by atoms with Gasteiger partial charge in [-0.3, -0.25) is 0 Å². The summed E-state index contributed by atoms with van der Waals surface area (Å²) < 4.78 is 0.447. The van der Waals surface area contributed by atoms with Crippen molar-refractivity contribution in [1.29, 1.82) is 0 Å². The largest absolute Gasteiger partial charge is 0.319 e. The highest BCUT2D eigenvalue weighted by Gasteiger charge is 2.23. The van der Waals surface area contributed by atoms with E-state index in [0.717, 1.165) is 18.5 Å². The van der Waals surface area contributed by atoms with E-state index in [2.05, 4.69) is 107 Å². The summed E-state index contributed by atoms with van der Waals surface area (Å²) in [6.07, 6.45) is 14.2. The summed E-state index contributed by atoms with van der Waals surface area (Å²) in [6, 6.07) is 10.6. The van der Waals surface area contributed by atoms with Gasteiger partial charge in [0.25, 0.3) is 0 Å². The van der Waals surface area contributed by atoms with E-state index in [1.54, 1.807) is 0 Å². The first kappa shape index (κ1) is 29.8. The van der Waals surface area contributed by atoms with Gasteiger partial charge in [-0.25, -0.2) is 0 Å². The number of hydrogen-bond donors (Lipinski definition) is 1. The summed E-state index contributed by atoms with van der Waals surface area (Å²) in [7, 11) is 7.99. The SMILES string of the molecule is [B]C(=S)C(C)=CC(=C(C)C)/C(=C(\C)CC)C(\C=C/C(=C\C=C\C)c1ccccc1)C(C)CNC. The second-order valence-corrected chi connectivity index (χ2v) is 9.53. The van der Waals surface area contributed by atoms with Crippen LogP contribution in [0.5, 0.6) is 0 Å². The normalized spacial score (nSPS) is 15.4. The molecule has 0 saturated carbocycles. The molecule has 1 aromatic carbocycles. The fraction of sp³-hybridized carbons (Fsp3) is 0.387. The Hall–Kier alpha value is -2.23. The van der Waals surface area contributed by atoms with E-state index >= 15 is 0 Å². The fourth-order valence-electron chi connectivity index (χ4n) is 3.97. The molecule has 0 heterocycles. The second-order valence-electron chi connectivity index (χ2n) is 9.09. The van der Waals surface area contributed by atoms with Crippen LogP contribution >= 0.6 is 12.2 Å². The Morgan fingerprint density at radius 3 is 2.26 bits per heavy atom. The Bertz CT molecular complexity index is 986. The van der Waals surface area contributed by atoms with Crippen LogP contribution in [0, 0.1) is 11.8 Å². The monoisotopic (exact) mass is 471 g/mol. The first-order valence-corrected chi connectivity index (χ1v) is 12.6. The number of benzene rings is 1. The molecule has 34 heavy (non-hydrogen) atoms. The summed E-state index contributed by atoms with van der Waals surface area (Å²) >= 11 is 5.28. The molecule has 2 radical (unpaired) electrons. The molecule has 1 aromatic rings. The van der Waals surface area contributed by atoms with E-state index in [4.69, 9.17) is 20.1 Å². The average Bonchev–Trinajstić information content (AvgIpc) is 2.82. The Kier molecular flexibility index (Phi) is 13.7. The number of thiocarbonyl (C=S) groups is 1. The third-order valence-corrected chi connectivity index (χ3v) is 6.42. The van der Waals surface area contributed by atoms with Crippen molar-refractivity contribution in [3.63, 3.8) is 0 Å². The molecule has 2 atom stereocenters. The van der Waals surface area contributed by atoms with Gasteiger partial charge in [-0.15, -0.1) is 0 Å². The van der Waals surface area contributed by atoms with Crippen molar-refractivity contribution in [2.75, 3.05) is 13.6 Å². The van der Waals surface area contributed by atoms with E-state index in [1.165, 1.54) is 33.4 Å². The minimum Gasteiger partial charge on any atom is -0.319 e. The van der Waals surface area contributed by atoms with E-state index in [0.29, 0.717) is 10.7 Å². The molecule has 1 rings (SSSR count). The minimum atomic E-state index is 0.227. The van der Waals surface area contributed by atoms with Crippen molar-refractivity contribution in [2.24, 2.45) is 11.8 Å². The van der Waals surface area contributed by atoms with Crippen molar-refractivity contribution < 1.29 is 0 Å². The van der Waals surface area contributed by atoms with E-state index in [1.807, 2.05) is 20.9 Å². The van der Waals surface area contributed by atoms with Gasteiger partial charge < -0.3 is 5.32 Å². The van der Waals surface area contributed by atoms with Gasteiger partial charge in [-0.05, 0) is 93.2 Å². The Labute approximate surface area is 215 Å². The molecule has 0 aliphatic heterocycles. The van der Waals surface area contributed by atoms with Crippen LogP contribution < -0.4 is 5.32 Å². The number of rotatable bonds is 12. The van der Waals surface area contributed by atoms with Crippen LogP contribution in [0.4, 0.5) is 0 Å². The molecule has 0 aliphatic carbocycles. The lowest BCUT2D eigenvalue weighted by Crippen LogP contribution is -2.25. The maximum Gasteiger partial charge on any atom is 0.130 e. The number of hydrogen-bond acceptors (Lipinski definition) is 2. The summed E-state index contributed by atoms with van der Waals surface area (Å²) in [5.41, 5.74) is 8.61. The van der Waals surface area contributed by atoms with Crippen LogP contribution in [0.15, 0.2) is 94.7 Å². The smallest absolute Gasteiger partial charge is 0.130 e. The van der Waals surface area contributed by atoms with Crippen LogP contribution in [-0.4, -0.2) is 26.2 Å². The van der Waals surface area contributed by atoms with Gasteiger partial charge in [0.15, 0.2) is 0 Å². The highest BCUT2D eigenvalue weighted by atomic mass is 32.1. The molecule has 1 nitrogen and oxygen atoms in total. The standard InChI is InChI=1S/C31H42BNS/c1-9-11-15-27(26-16-13-12-14-17-26)18-19-28(25(7)21-33-8)30(23(5)10-2)29(22(3)4)20-24(6)31(32)34/h9,11-20,25,28,33H,10,21H2,1-8H3/b11-9+,19-18-,24-20?,27-15+,30-23+. The molecular formula is C31H42BNS. The minimum absolute atomic E-state index is 0.227. The van der Waals surface area contributed by atoms with E-state index < -0.39 is 0 Å². The average molecular weight is 472 g/mol. The van der Waals surface area contributed by atoms with E-state index in [9.17, 15) is 0 Å². The zero-order valence-corrected chi connectivity index (χ0v) is 23.2.